The molecule has 2 aromatic heterocycles. The summed E-state index contributed by atoms with van der Waals surface area (Å²) < 4.78 is 9.37. The summed E-state index contributed by atoms with van der Waals surface area (Å²) in [5.41, 5.74) is 0.985. The number of amides is 1. The van der Waals surface area contributed by atoms with Gasteiger partial charge in [0, 0.05) is 24.1 Å². The molecule has 1 amide bonds. The number of methoxy groups -OCH3 is 1. The highest BCUT2D eigenvalue weighted by Gasteiger charge is 2.10. The number of rotatable bonds is 5. The zero-order valence-corrected chi connectivity index (χ0v) is 13.9. The molecule has 1 N–H and O–H groups in total. The third-order valence-corrected chi connectivity index (χ3v) is 3.50. The van der Waals surface area contributed by atoms with Crippen molar-refractivity contribution < 1.29 is 9.53 Å². The van der Waals surface area contributed by atoms with E-state index < -0.39 is 0 Å². The molecule has 0 saturated carbocycles. The predicted molar refractivity (Wildman–Crippen MR) is 88.5 cm³/mol. The van der Waals surface area contributed by atoms with E-state index in [-0.39, 0.29) is 5.91 Å². The number of ether oxygens (including phenoxy) is 1. The molecule has 0 unspecified atom stereocenters. The molecule has 0 aliphatic heterocycles. The van der Waals surface area contributed by atoms with Crippen LogP contribution in [0.2, 0.25) is 0 Å². The van der Waals surface area contributed by atoms with Gasteiger partial charge in [0.25, 0.3) is 5.91 Å². The van der Waals surface area contributed by atoms with Crippen molar-refractivity contribution in [1.82, 2.24) is 19.6 Å². The number of anilines is 1. The van der Waals surface area contributed by atoms with E-state index in [1.165, 1.54) is 0 Å². The van der Waals surface area contributed by atoms with Gasteiger partial charge in [-0.3, -0.25) is 9.48 Å². The highest BCUT2D eigenvalue weighted by atomic mass is 79.9. The maximum Gasteiger partial charge on any atom is 0.276 e. The van der Waals surface area contributed by atoms with Crippen molar-refractivity contribution in [1.29, 1.82) is 0 Å². The minimum atomic E-state index is -0.279. The van der Waals surface area contributed by atoms with Gasteiger partial charge in [0.1, 0.15) is 12.4 Å². The molecule has 0 radical (unpaired) electrons. The van der Waals surface area contributed by atoms with Crippen molar-refractivity contribution in [2.45, 2.75) is 6.67 Å². The molecule has 23 heavy (non-hydrogen) atoms. The van der Waals surface area contributed by atoms with Crippen LogP contribution in [0.3, 0.4) is 0 Å². The number of carbonyl (C=O) groups is 1. The number of nitrogens with zero attached hydrogens (tertiary/aromatic N) is 4. The molecule has 0 spiro atoms. The van der Waals surface area contributed by atoms with Crippen LogP contribution >= 0.6 is 15.9 Å². The maximum absolute atomic E-state index is 12.2. The summed E-state index contributed by atoms with van der Waals surface area (Å²) in [5, 5.41) is 11.2. The summed E-state index contributed by atoms with van der Waals surface area (Å²) in [6.45, 7) is 0.429. The second kappa shape index (κ2) is 6.66. The van der Waals surface area contributed by atoms with E-state index in [9.17, 15) is 4.79 Å². The zero-order valence-electron chi connectivity index (χ0n) is 12.3. The molecule has 7 nitrogen and oxygen atoms in total. The first-order valence-electron chi connectivity index (χ1n) is 6.81. The second-order valence-corrected chi connectivity index (χ2v) is 5.68. The van der Waals surface area contributed by atoms with E-state index in [1.54, 1.807) is 47.1 Å². The van der Waals surface area contributed by atoms with Crippen molar-refractivity contribution in [2.24, 2.45) is 0 Å². The number of halogens is 1. The Labute approximate surface area is 141 Å². The SMILES string of the molecule is COc1cccc(NC(=O)c2ccn(Cn3cc(Br)cn3)n2)c1. The summed E-state index contributed by atoms with van der Waals surface area (Å²) in [6.07, 6.45) is 5.26. The predicted octanol–water partition coefficient (Wildman–Crippen LogP) is 2.61. The molecule has 2 heterocycles. The first kappa shape index (κ1) is 15.3. The van der Waals surface area contributed by atoms with Crippen LogP contribution in [-0.4, -0.2) is 32.6 Å². The summed E-state index contributed by atoms with van der Waals surface area (Å²) >= 11 is 3.34. The van der Waals surface area contributed by atoms with Gasteiger partial charge in [-0.25, -0.2) is 4.68 Å². The Morgan fingerprint density at radius 3 is 2.96 bits per heavy atom. The van der Waals surface area contributed by atoms with Gasteiger partial charge in [0.05, 0.1) is 17.8 Å². The number of benzene rings is 1. The Balaban J connectivity index is 1.68. The average Bonchev–Trinajstić information content (AvgIpc) is 3.17. The number of hydrogen-bond acceptors (Lipinski definition) is 4. The number of carbonyl (C=O) groups excluding carboxylic acids is 1. The first-order chi connectivity index (χ1) is 11.1. The van der Waals surface area contributed by atoms with E-state index in [2.05, 4.69) is 31.4 Å². The molecule has 8 heteroatoms. The van der Waals surface area contributed by atoms with Crippen LogP contribution in [0, 0.1) is 0 Å². The molecule has 0 bridgehead atoms. The summed E-state index contributed by atoms with van der Waals surface area (Å²) in [6, 6.07) is 8.82. The quantitative estimate of drug-likeness (QED) is 0.743. The highest BCUT2D eigenvalue weighted by Crippen LogP contribution is 2.17. The molecule has 3 aromatic rings. The smallest absolute Gasteiger partial charge is 0.276 e. The highest BCUT2D eigenvalue weighted by molar-refractivity contribution is 9.10. The van der Waals surface area contributed by atoms with Crippen molar-refractivity contribution >= 4 is 27.5 Å². The third kappa shape index (κ3) is 3.78. The van der Waals surface area contributed by atoms with Gasteiger partial charge in [-0.15, -0.1) is 0 Å². The second-order valence-electron chi connectivity index (χ2n) is 4.77. The van der Waals surface area contributed by atoms with Gasteiger partial charge < -0.3 is 10.1 Å². The van der Waals surface area contributed by atoms with E-state index in [0.717, 1.165) is 4.47 Å². The van der Waals surface area contributed by atoms with Gasteiger partial charge in [-0.2, -0.15) is 10.2 Å². The lowest BCUT2D eigenvalue weighted by atomic mass is 10.3. The summed E-state index contributed by atoms with van der Waals surface area (Å²) in [4.78, 5) is 12.2. The first-order valence-corrected chi connectivity index (χ1v) is 7.60. The molecule has 0 aliphatic carbocycles. The lowest BCUT2D eigenvalue weighted by Gasteiger charge is -2.05. The fraction of sp³-hybridized carbons (Fsp3) is 0.133. The van der Waals surface area contributed by atoms with Crippen LogP contribution in [0.4, 0.5) is 5.69 Å². The van der Waals surface area contributed by atoms with Gasteiger partial charge >= 0.3 is 0 Å². The van der Waals surface area contributed by atoms with E-state index in [1.807, 2.05) is 18.3 Å². The molecule has 0 aliphatic rings. The molecule has 0 atom stereocenters. The van der Waals surface area contributed by atoms with Gasteiger partial charge in [-0.05, 0) is 34.1 Å². The number of hydrogen-bond donors (Lipinski definition) is 1. The molecular formula is C15H14BrN5O2. The van der Waals surface area contributed by atoms with Crippen LogP contribution in [0.15, 0.2) is 53.4 Å². The van der Waals surface area contributed by atoms with Crippen LogP contribution in [0.25, 0.3) is 0 Å². The third-order valence-electron chi connectivity index (χ3n) is 3.09. The minimum Gasteiger partial charge on any atom is -0.497 e. The molecule has 1 aromatic carbocycles. The minimum absolute atomic E-state index is 0.279. The lowest BCUT2D eigenvalue weighted by Crippen LogP contribution is -2.15. The fourth-order valence-corrected chi connectivity index (χ4v) is 2.35. The number of nitrogens with one attached hydrogen (secondary N) is 1. The normalized spacial score (nSPS) is 10.5. The number of aromatic nitrogens is 4. The van der Waals surface area contributed by atoms with Gasteiger partial charge in [0.15, 0.2) is 5.69 Å². The zero-order chi connectivity index (χ0) is 16.2. The Morgan fingerprint density at radius 2 is 2.22 bits per heavy atom. The molecular weight excluding hydrogens is 362 g/mol. The van der Waals surface area contributed by atoms with E-state index in [4.69, 9.17) is 4.74 Å². The molecule has 0 saturated heterocycles. The standard InChI is InChI=1S/C15H14BrN5O2/c1-23-13-4-2-3-12(7-13)18-15(22)14-5-6-20(19-14)10-21-9-11(16)8-17-21/h2-9H,10H2,1H3,(H,18,22). The Hall–Kier alpha value is -2.61. The topological polar surface area (TPSA) is 74.0 Å². The van der Waals surface area contributed by atoms with Crippen LogP contribution in [-0.2, 0) is 6.67 Å². The van der Waals surface area contributed by atoms with E-state index >= 15 is 0 Å². The van der Waals surface area contributed by atoms with Gasteiger partial charge in [-0.1, -0.05) is 6.07 Å². The van der Waals surface area contributed by atoms with Crippen molar-refractivity contribution in [3.05, 3.63) is 59.1 Å². The summed E-state index contributed by atoms with van der Waals surface area (Å²) in [7, 11) is 1.58. The monoisotopic (exact) mass is 375 g/mol. The van der Waals surface area contributed by atoms with E-state index in [0.29, 0.717) is 23.8 Å². The van der Waals surface area contributed by atoms with Gasteiger partial charge in [0.2, 0.25) is 0 Å². The Kier molecular flexibility index (Phi) is 4.42. The maximum atomic E-state index is 12.2. The van der Waals surface area contributed by atoms with Crippen molar-refractivity contribution in [3.8, 4) is 5.75 Å². The largest absolute Gasteiger partial charge is 0.497 e. The van der Waals surface area contributed by atoms with Crippen molar-refractivity contribution in [3.63, 3.8) is 0 Å². The van der Waals surface area contributed by atoms with Crippen LogP contribution in [0.1, 0.15) is 10.5 Å². The Morgan fingerprint density at radius 1 is 1.35 bits per heavy atom. The van der Waals surface area contributed by atoms with Crippen molar-refractivity contribution in [2.75, 3.05) is 12.4 Å². The van der Waals surface area contributed by atoms with Crippen LogP contribution < -0.4 is 10.1 Å². The molecule has 3 rings (SSSR count). The molecule has 118 valence electrons. The Bertz CT molecular complexity index is 827. The van der Waals surface area contributed by atoms with Crippen LogP contribution in [0.5, 0.6) is 5.75 Å². The fourth-order valence-electron chi connectivity index (χ4n) is 2.02. The lowest BCUT2D eigenvalue weighted by molar-refractivity contribution is 0.102. The summed E-state index contributed by atoms with van der Waals surface area (Å²) in [5.74, 6) is 0.399. The molecule has 0 fully saturated rings. The average molecular weight is 376 g/mol.